The van der Waals surface area contributed by atoms with Crippen molar-refractivity contribution in [2.75, 3.05) is 31.2 Å². The van der Waals surface area contributed by atoms with Gasteiger partial charge in [0.1, 0.15) is 13.2 Å². The molecule has 0 saturated carbocycles. The predicted molar refractivity (Wildman–Crippen MR) is 102 cm³/mol. The Kier molecular flexibility index (Phi) is 5.22. The van der Waals surface area contributed by atoms with E-state index in [-0.39, 0.29) is 23.2 Å². The summed E-state index contributed by atoms with van der Waals surface area (Å²) in [5, 5.41) is 3.49. The second-order valence-corrected chi connectivity index (χ2v) is 7.16. The van der Waals surface area contributed by atoms with Gasteiger partial charge in [0, 0.05) is 19.6 Å². The van der Waals surface area contributed by atoms with Crippen LogP contribution >= 0.6 is 23.2 Å². The van der Waals surface area contributed by atoms with Gasteiger partial charge in [-0.2, -0.15) is 0 Å². The number of carbonyl (C=O) groups excluding carboxylic acids is 1. The number of benzene rings is 1. The number of carbonyl (C=O) groups is 1. The van der Waals surface area contributed by atoms with Gasteiger partial charge in [0.05, 0.1) is 16.2 Å². The van der Waals surface area contributed by atoms with Crippen LogP contribution in [0, 0.1) is 0 Å². The first-order valence-electron chi connectivity index (χ1n) is 8.75. The van der Waals surface area contributed by atoms with E-state index in [1.165, 1.54) is 6.20 Å². The van der Waals surface area contributed by atoms with Crippen molar-refractivity contribution in [3.05, 3.63) is 39.6 Å². The van der Waals surface area contributed by atoms with Crippen molar-refractivity contribution in [2.45, 2.75) is 19.4 Å². The Morgan fingerprint density at radius 2 is 1.93 bits per heavy atom. The van der Waals surface area contributed by atoms with Crippen LogP contribution in [0.15, 0.2) is 18.3 Å². The van der Waals surface area contributed by atoms with Gasteiger partial charge in [-0.25, -0.2) is 9.97 Å². The van der Waals surface area contributed by atoms with Crippen LogP contribution in [0.2, 0.25) is 10.0 Å². The van der Waals surface area contributed by atoms with E-state index in [2.05, 4.69) is 15.3 Å². The highest BCUT2D eigenvalue weighted by Crippen LogP contribution is 2.38. The number of hydrogen-bond donors (Lipinski definition) is 1. The van der Waals surface area contributed by atoms with E-state index in [4.69, 9.17) is 32.7 Å². The third kappa shape index (κ3) is 3.89. The first kappa shape index (κ1) is 18.1. The number of hydrogen-bond acceptors (Lipinski definition) is 6. The fourth-order valence-corrected chi connectivity index (χ4v) is 3.58. The summed E-state index contributed by atoms with van der Waals surface area (Å²) in [5.74, 6) is 1.28. The Morgan fingerprint density at radius 1 is 1.15 bits per heavy atom. The van der Waals surface area contributed by atoms with Gasteiger partial charge in [-0.05, 0) is 30.5 Å². The number of amides is 1. The lowest BCUT2D eigenvalue weighted by molar-refractivity contribution is 0.0946. The highest BCUT2D eigenvalue weighted by atomic mass is 35.5. The molecular weight excluding hydrogens is 391 g/mol. The van der Waals surface area contributed by atoms with Crippen LogP contribution in [0.4, 0.5) is 5.95 Å². The summed E-state index contributed by atoms with van der Waals surface area (Å²) < 4.78 is 11.1. The molecule has 142 valence electrons. The fourth-order valence-electron chi connectivity index (χ4n) is 3.12. The number of anilines is 1. The lowest BCUT2D eigenvalue weighted by atomic mass is 10.2. The second kappa shape index (κ2) is 7.78. The highest BCUT2D eigenvalue weighted by Gasteiger charge is 2.20. The Bertz CT molecular complexity index is 872. The van der Waals surface area contributed by atoms with E-state index in [0.29, 0.717) is 35.7 Å². The van der Waals surface area contributed by atoms with Gasteiger partial charge in [-0.3, -0.25) is 4.79 Å². The van der Waals surface area contributed by atoms with Crippen LogP contribution in [-0.2, 0) is 6.54 Å². The van der Waals surface area contributed by atoms with E-state index in [0.717, 1.165) is 31.5 Å². The number of fused-ring (bicyclic) bond motifs is 1. The Hall–Kier alpha value is -2.25. The molecule has 1 aromatic carbocycles. The summed E-state index contributed by atoms with van der Waals surface area (Å²) >= 11 is 12.4. The Balaban J connectivity index is 1.48. The SMILES string of the molecule is O=C(NCc1cc(Cl)c2c(c1)OCCO2)c1nc(N2CCCC2)ncc1Cl. The van der Waals surface area contributed by atoms with E-state index in [1.807, 2.05) is 4.90 Å². The third-order valence-electron chi connectivity index (χ3n) is 4.45. The molecule has 1 aromatic heterocycles. The molecule has 2 aromatic rings. The van der Waals surface area contributed by atoms with Crippen LogP contribution in [0.1, 0.15) is 28.9 Å². The van der Waals surface area contributed by atoms with Crippen molar-refractivity contribution in [1.82, 2.24) is 15.3 Å². The van der Waals surface area contributed by atoms with Crippen molar-refractivity contribution in [2.24, 2.45) is 0 Å². The van der Waals surface area contributed by atoms with E-state index in [9.17, 15) is 4.79 Å². The van der Waals surface area contributed by atoms with E-state index < -0.39 is 0 Å². The van der Waals surface area contributed by atoms with Gasteiger partial charge >= 0.3 is 0 Å². The summed E-state index contributed by atoms with van der Waals surface area (Å²) in [6.45, 7) is 2.97. The van der Waals surface area contributed by atoms with Gasteiger partial charge in [0.25, 0.3) is 5.91 Å². The topological polar surface area (TPSA) is 76.6 Å². The van der Waals surface area contributed by atoms with Crippen molar-refractivity contribution in [3.63, 3.8) is 0 Å². The van der Waals surface area contributed by atoms with Crippen molar-refractivity contribution < 1.29 is 14.3 Å². The van der Waals surface area contributed by atoms with E-state index >= 15 is 0 Å². The number of halogens is 2. The molecular formula is C18H18Cl2N4O3. The molecule has 1 amide bonds. The molecule has 2 aliphatic heterocycles. The third-order valence-corrected chi connectivity index (χ3v) is 5.00. The minimum Gasteiger partial charge on any atom is -0.486 e. The molecule has 9 heteroatoms. The van der Waals surface area contributed by atoms with Crippen molar-refractivity contribution in [1.29, 1.82) is 0 Å². The molecule has 0 radical (unpaired) electrons. The number of rotatable bonds is 4. The van der Waals surface area contributed by atoms with Crippen LogP contribution in [0.5, 0.6) is 11.5 Å². The summed E-state index contributed by atoms with van der Waals surface area (Å²) in [6, 6.07) is 3.55. The van der Waals surface area contributed by atoms with Crippen molar-refractivity contribution >= 4 is 35.1 Å². The molecule has 0 spiro atoms. The lowest BCUT2D eigenvalue weighted by Gasteiger charge is -2.20. The number of ether oxygens (including phenoxy) is 2. The molecule has 1 saturated heterocycles. The molecule has 3 heterocycles. The summed E-state index contributed by atoms with van der Waals surface area (Å²) in [6.07, 6.45) is 3.66. The molecule has 7 nitrogen and oxygen atoms in total. The summed E-state index contributed by atoms with van der Waals surface area (Å²) in [4.78, 5) is 23.2. The highest BCUT2D eigenvalue weighted by molar-refractivity contribution is 6.33. The first-order valence-corrected chi connectivity index (χ1v) is 9.51. The standard InChI is InChI=1S/C18H18Cl2N4O3/c19-12-7-11(8-14-16(12)27-6-5-26-14)9-21-17(25)15-13(20)10-22-18(23-15)24-3-1-2-4-24/h7-8,10H,1-6,9H2,(H,21,25). The molecule has 0 unspecified atom stereocenters. The van der Waals surface area contributed by atoms with Gasteiger partial charge < -0.3 is 19.7 Å². The van der Waals surface area contributed by atoms with Crippen LogP contribution in [-0.4, -0.2) is 42.2 Å². The average molecular weight is 409 g/mol. The van der Waals surface area contributed by atoms with Gasteiger partial charge in [0.15, 0.2) is 17.2 Å². The summed E-state index contributed by atoms with van der Waals surface area (Å²) in [5.41, 5.74) is 0.958. The zero-order valence-corrected chi connectivity index (χ0v) is 16.0. The molecule has 2 aliphatic rings. The monoisotopic (exact) mass is 408 g/mol. The largest absolute Gasteiger partial charge is 0.486 e. The van der Waals surface area contributed by atoms with Crippen LogP contribution in [0.25, 0.3) is 0 Å². The maximum atomic E-state index is 12.6. The first-order chi connectivity index (χ1) is 13.1. The number of nitrogens with zero attached hydrogens (tertiary/aromatic N) is 3. The van der Waals surface area contributed by atoms with Crippen molar-refractivity contribution in [3.8, 4) is 11.5 Å². The molecule has 1 N–H and O–H groups in total. The predicted octanol–water partition coefficient (Wildman–Crippen LogP) is 3.08. The van der Waals surface area contributed by atoms with E-state index in [1.54, 1.807) is 12.1 Å². The molecule has 27 heavy (non-hydrogen) atoms. The normalized spacial score (nSPS) is 15.7. The fraction of sp³-hybridized carbons (Fsp3) is 0.389. The maximum absolute atomic E-state index is 12.6. The summed E-state index contributed by atoms with van der Waals surface area (Å²) in [7, 11) is 0. The zero-order chi connectivity index (χ0) is 18.8. The maximum Gasteiger partial charge on any atom is 0.271 e. The van der Waals surface area contributed by atoms with Crippen LogP contribution < -0.4 is 19.7 Å². The number of aromatic nitrogens is 2. The molecule has 0 atom stereocenters. The van der Waals surface area contributed by atoms with Gasteiger partial charge in [-0.1, -0.05) is 23.2 Å². The van der Waals surface area contributed by atoms with Gasteiger partial charge in [0.2, 0.25) is 5.95 Å². The minimum atomic E-state index is -0.367. The number of nitrogens with one attached hydrogen (secondary N) is 1. The molecule has 0 aliphatic carbocycles. The minimum absolute atomic E-state index is 0.164. The quantitative estimate of drug-likeness (QED) is 0.837. The van der Waals surface area contributed by atoms with Gasteiger partial charge in [-0.15, -0.1) is 0 Å². The molecule has 4 rings (SSSR count). The zero-order valence-electron chi connectivity index (χ0n) is 14.5. The molecule has 0 bridgehead atoms. The average Bonchev–Trinajstić information content (AvgIpc) is 3.21. The lowest BCUT2D eigenvalue weighted by Crippen LogP contribution is -2.27. The van der Waals surface area contributed by atoms with Crippen LogP contribution in [0.3, 0.4) is 0 Å². The Morgan fingerprint density at radius 3 is 2.74 bits per heavy atom. The smallest absolute Gasteiger partial charge is 0.271 e. The Labute approximate surface area is 166 Å². The molecule has 1 fully saturated rings. The second-order valence-electron chi connectivity index (χ2n) is 6.35.